The highest BCUT2D eigenvalue weighted by atomic mass is 35.5. The molecule has 202 valence electrons. The van der Waals surface area contributed by atoms with Gasteiger partial charge in [-0.2, -0.15) is 0 Å². The number of phenolic OH excluding ortho intramolecular Hbond substituents is 1. The van der Waals surface area contributed by atoms with E-state index in [-0.39, 0.29) is 30.9 Å². The standard InChI is InChI=1S/C27H36ClN3O6/c1-29-23(12-18-6-9-36-10-7-18)17-31-26(33)21-13-20(15-24(32)16-21)25(19-4-3-5-22(28)14-19)37-11-8-30-27(34)35-2/h3-5,13-16,18,23,25,29,32H,6-12,17H2,1-2H3,(H,30,34)(H,31,33). The summed E-state index contributed by atoms with van der Waals surface area (Å²) in [5, 5.41) is 19.8. The maximum atomic E-state index is 13.1. The third-order valence-electron chi connectivity index (χ3n) is 6.37. The molecule has 3 rings (SSSR count). The van der Waals surface area contributed by atoms with Crippen molar-refractivity contribution < 1.29 is 28.9 Å². The number of alkyl carbamates (subject to hydrolysis) is 1. The molecule has 37 heavy (non-hydrogen) atoms. The summed E-state index contributed by atoms with van der Waals surface area (Å²) in [5.41, 5.74) is 1.64. The fraction of sp³-hybridized carbons (Fsp3) is 0.481. The first-order chi connectivity index (χ1) is 17.9. The quantitative estimate of drug-likeness (QED) is 0.308. The van der Waals surface area contributed by atoms with Crippen LogP contribution >= 0.6 is 11.6 Å². The van der Waals surface area contributed by atoms with Crippen molar-refractivity contribution in [2.45, 2.75) is 31.4 Å². The predicted octanol–water partition coefficient (Wildman–Crippen LogP) is 3.64. The summed E-state index contributed by atoms with van der Waals surface area (Å²) in [4.78, 5) is 24.4. The van der Waals surface area contributed by atoms with Crippen LogP contribution in [0.5, 0.6) is 5.75 Å². The van der Waals surface area contributed by atoms with Gasteiger partial charge in [0, 0.05) is 42.9 Å². The molecule has 0 bridgehead atoms. The van der Waals surface area contributed by atoms with Crippen LogP contribution in [0, 0.1) is 5.92 Å². The van der Waals surface area contributed by atoms with Gasteiger partial charge in [0.05, 0.1) is 13.7 Å². The second-order valence-electron chi connectivity index (χ2n) is 9.02. The van der Waals surface area contributed by atoms with Gasteiger partial charge in [0.15, 0.2) is 0 Å². The maximum Gasteiger partial charge on any atom is 0.406 e. The van der Waals surface area contributed by atoms with Crippen molar-refractivity contribution in [1.82, 2.24) is 16.0 Å². The summed E-state index contributed by atoms with van der Waals surface area (Å²) in [6.07, 6.45) is 1.83. The molecule has 0 radical (unpaired) electrons. The number of likely N-dealkylation sites (N-methyl/N-ethyl adjacent to an activating group) is 1. The molecule has 0 aliphatic carbocycles. The number of aromatic hydroxyl groups is 1. The van der Waals surface area contributed by atoms with Crippen LogP contribution in [0.4, 0.5) is 4.79 Å². The zero-order valence-electron chi connectivity index (χ0n) is 21.3. The van der Waals surface area contributed by atoms with E-state index in [2.05, 4.69) is 20.7 Å². The van der Waals surface area contributed by atoms with E-state index in [1.54, 1.807) is 30.3 Å². The van der Waals surface area contributed by atoms with Crippen LogP contribution in [0.3, 0.4) is 0 Å². The van der Waals surface area contributed by atoms with Gasteiger partial charge < -0.3 is 35.3 Å². The lowest BCUT2D eigenvalue weighted by atomic mass is 9.92. The van der Waals surface area contributed by atoms with Crippen LogP contribution in [0.25, 0.3) is 0 Å². The second-order valence-corrected chi connectivity index (χ2v) is 9.46. The molecule has 2 aromatic carbocycles. The van der Waals surface area contributed by atoms with E-state index < -0.39 is 12.2 Å². The molecule has 1 saturated heterocycles. The molecular weight excluding hydrogens is 498 g/mol. The molecule has 2 unspecified atom stereocenters. The van der Waals surface area contributed by atoms with Gasteiger partial charge in [-0.3, -0.25) is 4.79 Å². The van der Waals surface area contributed by atoms with Gasteiger partial charge in [-0.25, -0.2) is 4.79 Å². The molecule has 2 atom stereocenters. The van der Waals surface area contributed by atoms with E-state index in [4.69, 9.17) is 21.1 Å². The monoisotopic (exact) mass is 533 g/mol. The molecule has 1 heterocycles. The van der Waals surface area contributed by atoms with Crippen LogP contribution < -0.4 is 16.0 Å². The van der Waals surface area contributed by atoms with E-state index in [1.165, 1.54) is 13.2 Å². The molecule has 0 aromatic heterocycles. The van der Waals surface area contributed by atoms with Gasteiger partial charge in [0.1, 0.15) is 11.9 Å². The number of nitrogens with one attached hydrogen (secondary N) is 3. The summed E-state index contributed by atoms with van der Waals surface area (Å²) in [5.74, 6) is 0.222. The number of rotatable bonds is 12. The molecule has 1 aliphatic heterocycles. The summed E-state index contributed by atoms with van der Waals surface area (Å²) < 4.78 is 16.1. The molecule has 0 spiro atoms. The Labute approximate surface area is 222 Å². The molecule has 1 aliphatic rings. The van der Waals surface area contributed by atoms with Crippen molar-refractivity contribution in [1.29, 1.82) is 0 Å². The van der Waals surface area contributed by atoms with E-state index in [1.807, 2.05) is 13.1 Å². The minimum atomic E-state index is -0.629. The molecule has 2 aromatic rings. The van der Waals surface area contributed by atoms with Gasteiger partial charge in [0.2, 0.25) is 0 Å². The minimum absolute atomic E-state index is 0.0571. The second kappa shape index (κ2) is 14.8. The Kier molecular flexibility index (Phi) is 11.5. The molecule has 4 N–H and O–H groups in total. The first-order valence-electron chi connectivity index (χ1n) is 12.5. The Morgan fingerprint density at radius 1 is 1.14 bits per heavy atom. The van der Waals surface area contributed by atoms with E-state index in [0.717, 1.165) is 38.0 Å². The highest BCUT2D eigenvalue weighted by Crippen LogP contribution is 2.31. The van der Waals surface area contributed by atoms with Gasteiger partial charge in [-0.1, -0.05) is 23.7 Å². The average molecular weight is 534 g/mol. The lowest BCUT2D eigenvalue weighted by Gasteiger charge is -2.26. The first-order valence-corrected chi connectivity index (χ1v) is 12.8. The summed E-state index contributed by atoms with van der Waals surface area (Å²) in [6, 6.07) is 12.0. The number of benzene rings is 2. The lowest BCUT2D eigenvalue weighted by Crippen LogP contribution is -2.41. The van der Waals surface area contributed by atoms with Crippen LogP contribution in [0.2, 0.25) is 5.02 Å². The van der Waals surface area contributed by atoms with Crippen LogP contribution in [-0.4, -0.2) is 70.2 Å². The topological polar surface area (TPSA) is 118 Å². The molecule has 1 fully saturated rings. The molecular formula is C27H36ClN3O6. The summed E-state index contributed by atoms with van der Waals surface area (Å²) in [6.45, 7) is 2.42. The van der Waals surface area contributed by atoms with Crippen LogP contribution in [0.15, 0.2) is 42.5 Å². The van der Waals surface area contributed by atoms with E-state index >= 15 is 0 Å². The molecule has 2 amide bonds. The molecule has 0 saturated carbocycles. The Balaban J connectivity index is 1.71. The number of halogens is 1. The Hall–Kier alpha value is -2.85. The lowest BCUT2D eigenvalue weighted by molar-refractivity contribution is 0.0605. The highest BCUT2D eigenvalue weighted by molar-refractivity contribution is 6.30. The van der Waals surface area contributed by atoms with Crippen molar-refractivity contribution >= 4 is 23.6 Å². The smallest absolute Gasteiger partial charge is 0.406 e. The number of methoxy groups -OCH3 is 1. The molecule has 9 nitrogen and oxygen atoms in total. The van der Waals surface area contributed by atoms with E-state index in [0.29, 0.717) is 28.6 Å². The first kappa shape index (κ1) is 28.7. The van der Waals surface area contributed by atoms with Crippen molar-refractivity contribution in [3.05, 3.63) is 64.2 Å². The Morgan fingerprint density at radius 3 is 2.62 bits per heavy atom. The van der Waals surface area contributed by atoms with Crippen molar-refractivity contribution in [2.24, 2.45) is 5.92 Å². The number of phenols is 1. The fourth-order valence-electron chi connectivity index (χ4n) is 4.38. The maximum absolute atomic E-state index is 13.1. The third kappa shape index (κ3) is 9.19. The Bertz CT molecular complexity index is 1030. The number of hydrogen-bond donors (Lipinski definition) is 4. The number of carbonyl (C=O) groups is 2. The zero-order valence-corrected chi connectivity index (χ0v) is 22.1. The third-order valence-corrected chi connectivity index (χ3v) is 6.61. The minimum Gasteiger partial charge on any atom is -0.508 e. The number of carbonyl (C=O) groups excluding carboxylic acids is 2. The van der Waals surface area contributed by atoms with Crippen molar-refractivity contribution in [2.75, 3.05) is 47.1 Å². The highest BCUT2D eigenvalue weighted by Gasteiger charge is 2.21. The van der Waals surface area contributed by atoms with Crippen molar-refractivity contribution in [3.63, 3.8) is 0 Å². The van der Waals surface area contributed by atoms with Crippen LogP contribution in [-0.2, 0) is 14.2 Å². The normalized spacial score (nSPS) is 15.5. The average Bonchev–Trinajstić information content (AvgIpc) is 2.90. The fourth-order valence-corrected chi connectivity index (χ4v) is 4.58. The zero-order chi connectivity index (χ0) is 26.6. The van der Waals surface area contributed by atoms with Gasteiger partial charge >= 0.3 is 6.09 Å². The van der Waals surface area contributed by atoms with Gasteiger partial charge in [-0.15, -0.1) is 0 Å². The SMILES string of the molecule is CNC(CNC(=O)c1cc(O)cc(C(OCCNC(=O)OC)c2cccc(Cl)c2)c1)CC1CCOCC1. The predicted molar refractivity (Wildman–Crippen MR) is 141 cm³/mol. The van der Waals surface area contributed by atoms with Crippen molar-refractivity contribution in [3.8, 4) is 5.75 Å². The summed E-state index contributed by atoms with van der Waals surface area (Å²) >= 11 is 6.21. The number of ether oxygens (including phenoxy) is 3. The van der Waals surface area contributed by atoms with Crippen LogP contribution in [0.1, 0.15) is 46.9 Å². The van der Waals surface area contributed by atoms with Gasteiger partial charge in [0.25, 0.3) is 5.91 Å². The number of hydrogen-bond acceptors (Lipinski definition) is 7. The largest absolute Gasteiger partial charge is 0.508 e. The molecule has 10 heteroatoms. The van der Waals surface area contributed by atoms with E-state index in [9.17, 15) is 14.7 Å². The van der Waals surface area contributed by atoms with Gasteiger partial charge in [-0.05, 0) is 73.7 Å². The summed E-state index contributed by atoms with van der Waals surface area (Å²) in [7, 11) is 3.18. The Morgan fingerprint density at radius 2 is 1.92 bits per heavy atom. The number of amides is 2.